The molecule has 0 atom stereocenters. The molecule has 1 N–H and O–H groups in total. The molecular formula is C17H23ClN2O4. The Hall–Kier alpha value is -1.95. The number of nitrogens with one attached hydrogen (secondary N) is 1. The molecule has 1 aromatic rings. The van der Waals surface area contributed by atoms with Gasteiger partial charge in [-0.15, -0.1) is 0 Å². The molecule has 7 heteroatoms. The second-order valence-electron chi connectivity index (χ2n) is 5.73. The molecule has 24 heavy (non-hydrogen) atoms. The van der Waals surface area contributed by atoms with Gasteiger partial charge in [-0.05, 0) is 50.5 Å². The van der Waals surface area contributed by atoms with E-state index in [0.29, 0.717) is 43.3 Å². The summed E-state index contributed by atoms with van der Waals surface area (Å²) >= 11 is 5.95. The number of likely N-dealkylation sites (tertiary alicyclic amines) is 1. The van der Waals surface area contributed by atoms with Crippen LogP contribution in [0.25, 0.3) is 0 Å². The van der Waals surface area contributed by atoms with Crippen LogP contribution in [0, 0.1) is 6.92 Å². The first kappa shape index (κ1) is 18.4. The quantitative estimate of drug-likeness (QED) is 0.882. The van der Waals surface area contributed by atoms with Crippen molar-refractivity contribution in [3.8, 4) is 5.75 Å². The summed E-state index contributed by atoms with van der Waals surface area (Å²) in [6, 6.07) is 5.34. The van der Waals surface area contributed by atoms with Crippen LogP contribution in [0.4, 0.5) is 4.79 Å². The minimum absolute atomic E-state index is 0.0425. The van der Waals surface area contributed by atoms with E-state index in [-0.39, 0.29) is 24.6 Å². The zero-order chi connectivity index (χ0) is 17.5. The fourth-order valence-corrected chi connectivity index (χ4v) is 2.66. The molecule has 0 spiro atoms. The first-order valence-electron chi connectivity index (χ1n) is 8.09. The maximum atomic E-state index is 12.0. The number of halogens is 1. The number of hydrogen-bond acceptors (Lipinski definition) is 4. The van der Waals surface area contributed by atoms with E-state index >= 15 is 0 Å². The van der Waals surface area contributed by atoms with Crippen molar-refractivity contribution in [1.29, 1.82) is 0 Å². The van der Waals surface area contributed by atoms with Gasteiger partial charge in [0.25, 0.3) is 5.91 Å². The second-order valence-corrected chi connectivity index (χ2v) is 6.13. The number of amides is 2. The van der Waals surface area contributed by atoms with Crippen LogP contribution in [0.2, 0.25) is 5.02 Å². The van der Waals surface area contributed by atoms with Crippen LogP contribution < -0.4 is 10.1 Å². The highest BCUT2D eigenvalue weighted by Gasteiger charge is 2.24. The van der Waals surface area contributed by atoms with Crippen molar-refractivity contribution in [2.45, 2.75) is 32.7 Å². The normalized spacial score (nSPS) is 15.0. The van der Waals surface area contributed by atoms with Gasteiger partial charge in [-0.2, -0.15) is 0 Å². The van der Waals surface area contributed by atoms with Gasteiger partial charge in [0.15, 0.2) is 6.61 Å². The second kappa shape index (κ2) is 8.78. The molecule has 0 aliphatic carbocycles. The third-order valence-electron chi connectivity index (χ3n) is 3.89. The third-order valence-corrected chi connectivity index (χ3v) is 4.31. The minimum Gasteiger partial charge on any atom is -0.484 e. The smallest absolute Gasteiger partial charge is 0.409 e. The van der Waals surface area contributed by atoms with Gasteiger partial charge in [-0.1, -0.05) is 11.6 Å². The molecule has 1 saturated heterocycles. The summed E-state index contributed by atoms with van der Waals surface area (Å²) < 4.78 is 10.5. The molecule has 1 aliphatic heterocycles. The maximum absolute atomic E-state index is 12.0. The number of aryl methyl sites for hydroxylation is 1. The number of benzene rings is 1. The molecule has 6 nitrogen and oxygen atoms in total. The Balaban J connectivity index is 1.71. The molecule has 2 amide bonds. The fourth-order valence-electron chi connectivity index (χ4n) is 2.55. The number of piperidine rings is 1. The Kier molecular flexibility index (Phi) is 6.73. The zero-order valence-electron chi connectivity index (χ0n) is 14.0. The van der Waals surface area contributed by atoms with Crippen LogP contribution in [-0.2, 0) is 9.53 Å². The van der Waals surface area contributed by atoms with Crippen LogP contribution in [0.5, 0.6) is 5.75 Å². The molecule has 1 aromatic carbocycles. The van der Waals surface area contributed by atoms with Crippen LogP contribution in [0.15, 0.2) is 18.2 Å². The van der Waals surface area contributed by atoms with Crippen molar-refractivity contribution in [2.75, 3.05) is 26.3 Å². The average Bonchev–Trinajstić information content (AvgIpc) is 2.57. The molecule has 1 heterocycles. The maximum Gasteiger partial charge on any atom is 0.409 e. The summed E-state index contributed by atoms with van der Waals surface area (Å²) in [6.07, 6.45) is 1.14. The predicted molar refractivity (Wildman–Crippen MR) is 91.4 cm³/mol. The van der Waals surface area contributed by atoms with Crippen LogP contribution in [-0.4, -0.2) is 49.2 Å². The SMILES string of the molecule is CCOC(=O)N1CCC(NC(=O)COc2ccc(Cl)c(C)c2)CC1. The summed E-state index contributed by atoms with van der Waals surface area (Å²) in [5, 5.41) is 3.60. The first-order valence-corrected chi connectivity index (χ1v) is 8.47. The van der Waals surface area contributed by atoms with Crippen LogP contribution >= 0.6 is 11.6 Å². The Bertz CT molecular complexity index is 586. The van der Waals surface area contributed by atoms with Crippen molar-refractivity contribution in [1.82, 2.24) is 10.2 Å². The van der Waals surface area contributed by atoms with E-state index in [1.807, 2.05) is 6.92 Å². The largest absolute Gasteiger partial charge is 0.484 e. The standard InChI is InChI=1S/C17H23ClN2O4/c1-3-23-17(22)20-8-6-13(7-9-20)19-16(21)11-24-14-4-5-15(18)12(2)10-14/h4-5,10,13H,3,6-9,11H2,1-2H3,(H,19,21). The predicted octanol–water partition coefficient (Wildman–Crippen LogP) is 2.76. The van der Waals surface area contributed by atoms with Gasteiger partial charge in [0.1, 0.15) is 5.75 Å². The van der Waals surface area contributed by atoms with Crippen LogP contribution in [0.1, 0.15) is 25.3 Å². The third kappa shape index (κ3) is 5.30. The zero-order valence-corrected chi connectivity index (χ0v) is 14.8. The van der Waals surface area contributed by atoms with E-state index in [1.54, 1.807) is 30.0 Å². The highest BCUT2D eigenvalue weighted by atomic mass is 35.5. The van der Waals surface area contributed by atoms with Crippen molar-refractivity contribution in [2.24, 2.45) is 0 Å². The summed E-state index contributed by atoms with van der Waals surface area (Å²) in [5.74, 6) is 0.446. The highest BCUT2D eigenvalue weighted by molar-refractivity contribution is 6.31. The molecular weight excluding hydrogens is 332 g/mol. The Labute approximate surface area is 147 Å². The summed E-state index contributed by atoms with van der Waals surface area (Å²) in [6.45, 7) is 5.16. The Morgan fingerprint density at radius 3 is 2.67 bits per heavy atom. The van der Waals surface area contributed by atoms with Gasteiger partial charge in [0.2, 0.25) is 0 Å². The number of nitrogens with zero attached hydrogens (tertiary/aromatic N) is 1. The van der Waals surface area contributed by atoms with Gasteiger partial charge in [-0.25, -0.2) is 4.79 Å². The molecule has 0 unspecified atom stereocenters. The van der Waals surface area contributed by atoms with Crippen molar-refractivity contribution >= 4 is 23.6 Å². The molecule has 132 valence electrons. The number of rotatable bonds is 5. The van der Waals surface area contributed by atoms with Gasteiger partial charge < -0.3 is 19.7 Å². The summed E-state index contributed by atoms with van der Waals surface area (Å²) in [7, 11) is 0. The lowest BCUT2D eigenvalue weighted by atomic mass is 10.1. The molecule has 1 fully saturated rings. The van der Waals surface area contributed by atoms with E-state index in [1.165, 1.54) is 0 Å². The van der Waals surface area contributed by atoms with E-state index in [2.05, 4.69) is 5.32 Å². The number of hydrogen-bond donors (Lipinski definition) is 1. The van der Waals surface area contributed by atoms with Crippen molar-refractivity contribution in [3.05, 3.63) is 28.8 Å². The summed E-state index contributed by atoms with van der Waals surface area (Å²) in [5.41, 5.74) is 0.904. The molecule has 0 radical (unpaired) electrons. The molecule has 0 saturated carbocycles. The molecule has 1 aliphatic rings. The lowest BCUT2D eigenvalue weighted by molar-refractivity contribution is -0.124. The summed E-state index contributed by atoms with van der Waals surface area (Å²) in [4.78, 5) is 25.3. The van der Waals surface area contributed by atoms with Crippen molar-refractivity contribution < 1.29 is 19.1 Å². The lowest BCUT2D eigenvalue weighted by Gasteiger charge is -2.31. The first-order chi connectivity index (χ1) is 11.5. The average molecular weight is 355 g/mol. The van der Waals surface area contributed by atoms with Crippen molar-refractivity contribution in [3.63, 3.8) is 0 Å². The molecule has 0 aromatic heterocycles. The lowest BCUT2D eigenvalue weighted by Crippen LogP contribution is -2.47. The van der Waals surface area contributed by atoms with Gasteiger partial charge in [0.05, 0.1) is 6.61 Å². The van der Waals surface area contributed by atoms with E-state index in [0.717, 1.165) is 5.56 Å². The van der Waals surface area contributed by atoms with E-state index in [4.69, 9.17) is 21.1 Å². The number of ether oxygens (including phenoxy) is 2. The Morgan fingerprint density at radius 1 is 1.33 bits per heavy atom. The van der Waals surface area contributed by atoms with Gasteiger partial charge >= 0.3 is 6.09 Å². The monoisotopic (exact) mass is 354 g/mol. The topological polar surface area (TPSA) is 67.9 Å². The number of carbonyl (C=O) groups excluding carboxylic acids is 2. The minimum atomic E-state index is -0.288. The molecule has 2 rings (SSSR count). The van der Waals surface area contributed by atoms with E-state index < -0.39 is 0 Å². The number of carbonyl (C=O) groups is 2. The van der Waals surface area contributed by atoms with Crippen LogP contribution in [0.3, 0.4) is 0 Å². The van der Waals surface area contributed by atoms with Gasteiger partial charge in [-0.3, -0.25) is 4.79 Å². The Morgan fingerprint density at radius 2 is 2.04 bits per heavy atom. The van der Waals surface area contributed by atoms with E-state index in [9.17, 15) is 9.59 Å². The molecule has 0 bridgehead atoms. The van der Waals surface area contributed by atoms with Gasteiger partial charge in [0, 0.05) is 24.2 Å². The fraction of sp³-hybridized carbons (Fsp3) is 0.529. The highest BCUT2D eigenvalue weighted by Crippen LogP contribution is 2.21.